The van der Waals surface area contributed by atoms with E-state index in [1.165, 1.54) is 0 Å². The van der Waals surface area contributed by atoms with E-state index in [-0.39, 0.29) is 13.2 Å². The van der Waals surface area contributed by atoms with E-state index in [2.05, 4.69) is 4.74 Å². The van der Waals surface area contributed by atoms with Gasteiger partial charge < -0.3 is 14.6 Å². The Balaban J connectivity index is 2.13. The first kappa shape index (κ1) is 12.0. The first-order valence-electron chi connectivity index (χ1n) is 5.21. The molecule has 1 N–H and O–H groups in total. The molecule has 1 unspecified atom stereocenters. The highest BCUT2D eigenvalue weighted by Crippen LogP contribution is 2.13. The van der Waals surface area contributed by atoms with Crippen LogP contribution in [0.15, 0.2) is 0 Å². The maximum absolute atomic E-state index is 11.1. The van der Waals surface area contributed by atoms with Gasteiger partial charge in [-0.15, -0.1) is 0 Å². The summed E-state index contributed by atoms with van der Waals surface area (Å²) in [5.41, 5.74) is 0. The number of unbranched alkanes of at least 4 members (excludes halogenated alkanes) is 3. The minimum atomic E-state index is -0.722. The van der Waals surface area contributed by atoms with Gasteiger partial charge in [0.15, 0.2) is 12.7 Å². The van der Waals surface area contributed by atoms with E-state index in [4.69, 9.17) is 9.84 Å². The van der Waals surface area contributed by atoms with Crippen molar-refractivity contribution in [3.05, 3.63) is 0 Å². The Morgan fingerprint density at radius 2 is 1.93 bits per heavy atom. The molecule has 0 amide bonds. The number of rotatable bonds is 6. The molecule has 0 aromatic carbocycles. The van der Waals surface area contributed by atoms with E-state index in [1.807, 2.05) is 0 Å². The molecular formula is C10H16O5. The van der Waals surface area contributed by atoms with E-state index < -0.39 is 18.0 Å². The molecule has 15 heavy (non-hydrogen) atoms. The van der Waals surface area contributed by atoms with Gasteiger partial charge in [-0.3, -0.25) is 0 Å². The van der Waals surface area contributed by atoms with Gasteiger partial charge in [-0.25, -0.2) is 9.59 Å². The Morgan fingerprint density at radius 1 is 1.20 bits per heavy atom. The molecule has 1 aliphatic rings. The van der Waals surface area contributed by atoms with Gasteiger partial charge in [-0.05, 0) is 19.3 Å². The van der Waals surface area contributed by atoms with Gasteiger partial charge in [0, 0.05) is 6.61 Å². The molecule has 0 saturated carbocycles. The van der Waals surface area contributed by atoms with Gasteiger partial charge in [-0.1, -0.05) is 12.8 Å². The van der Waals surface area contributed by atoms with Gasteiger partial charge in [0.05, 0.1) is 0 Å². The second kappa shape index (κ2) is 6.40. The molecule has 1 atom stereocenters. The summed E-state index contributed by atoms with van der Waals surface area (Å²) in [4.78, 5) is 21.9. The minimum Gasteiger partial charge on any atom is -0.451 e. The smallest absolute Gasteiger partial charge is 0.348 e. The summed E-state index contributed by atoms with van der Waals surface area (Å²) in [6, 6.07) is 0. The van der Waals surface area contributed by atoms with Crippen LogP contribution in [-0.2, 0) is 19.1 Å². The number of carbonyl (C=O) groups excluding carboxylic acids is 2. The predicted octanol–water partition coefficient (Wildman–Crippen LogP) is 0.398. The Morgan fingerprint density at radius 3 is 2.67 bits per heavy atom. The third-order valence-electron chi connectivity index (χ3n) is 2.24. The number of ether oxygens (including phenoxy) is 2. The van der Waals surface area contributed by atoms with Crippen LogP contribution in [0.5, 0.6) is 0 Å². The Labute approximate surface area is 88.4 Å². The van der Waals surface area contributed by atoms with E-state index in [9.17, 15) is 9.59 Å². The molecular weight excluding hydrogens is 200 g/mol. The van der Waals surface area contributed by atoms with Crippen molar-refractivity contribution in [2.45, 2.75) is 38.2 Å². The first-order valence-corrected chi connectivity index (χ1v) is 5.21. The van der Waals surface area contributed by atoms with Crippen molar-refractivity contribution in [2.24, 2.45) is 0 Å². The van der Waals surface area contributed by atoms with Crippen LogP contribution in [-0.4, -0.2) is 36.4 Å². The van der Waals surface area contributed by atoms with E-state index in [0.29, 0.717) is 6.42 Å². The van der Waals surface area contributed by atoms with Gasteiger partial charge in [-0.2, -0.15) is 0 Å². The summed E-state index contributed by atoms with van der Waals surface area (Å²) in [6.07, 6.45) is 3.20. The lowest BCUT2D eigenvalue weighted by Gasteiger charge is -2.20. The van der Waals surface area contributed by atoms with Crippen LogP contribution in [0.4, 0.5) is 0 Å². The number of aliphatic hydroxyl groups excluding tert-OH is 1. The van der Waals surface area contributed by atoms with Crippen molar-refractivity contribution < 1.29 is 24.2 Å². The SMILES string of the molecule is O=C1COC(=O)C(CCCCCCO)O1. The molecule has 1 fully saturated rings. The first-order chi connectivity index (χ1) is 7.24. The molecule has 1 heterocycles. The van der Waals surface area contributed by atoms with Crippen LogP contribution in [0.3, 0.4) is 0 Å². The van der Waals surface area contributed by atoms with E-state index in [0.717, 1.165) is 25.7 Å². The second-order valence-electron chi connectivity index (χ2n) is 3.51. The summed E-state index contributed by atoms with van der Waals surface area (Å²) >= 11 is 0. The summed E-state index contributed by atoms with van der Waals surface area (Å²) in [5.74, 6) is -0.924. The molecule has 1 saturated heterocycles. The molecule has 0 aliphatic carbocycles. The number of esters is 2. The van der Waals surface area contributed by atoms with Gasteiger partial charge in [0.1, 0.15) is 0 Å². The lowest BCUT2D eigenvalue weighted by molar-refractivity contribution is -0.185. The van der Waals surface area contributed by atoms with Crippen LogP contribution in [0.1, 0.15) is 32.1 Å². The maximum Gasteiger partial charge on any atom is 0.348 e. The minimum absolute atomic E-state index is 0.195. The van der Waals surface area contributed by atoms with Crippen molar-refractivity contribution in [1.29, 1.82) is 0 Å². The zero-order valence-electron chi connectivity index (χ0n) is 8.61. The average Bonchev–Trinajstić information content (AvgIpc) is 2.23. The number of cyclic esters (lactones) is 2. The predicted molar refractivity (Wildman–Crippen MR) is 51.0 cm³/mol. The number of hydrogen-bond acceptors (Lipinski definition) is 5. The molecule has 86 valence electrons. The maximum atomic E-state index is 11.1. The fourth-order valence-corrected chi connectivity index (χ4v) is 1.44. The zero-order valence-corrected chi connectivity index (χ0v) is 8.61. The van der Waals surface area contributed by atoms with Crippen LogP contribution < -0.4 is 0 Å². The summed E-state index contributed by atoms with van der Waals surface area (Å²) in [7, 11) is 0. The fourth-order valence-electron chi connectivity index (χ4n) is 1.44. The molecule has 1 rings (SSSR count). The van der Waals surface area contributed by atoms with E-state index >= 15 is 0 Å². The highest BCUT2D eigenvalue weighted by atomic mass is 16.6. The molecule has 0 radical (unpaired) electrons. The van der Waals surface area contributed by atoms with Gasteiger partial charge in [0.2, 0.25) is 0 Å². The van der Waals surface area contributed by atoms with E-state index in [1.54, 1.807) is 0 Å². The third kappa shape index (κ3) is 4.29. The molecule has 1 aliphatic heterocycles. The molecule has 0 spiro atoms. The normalized spacial score (nSPS) is 21.0. The Bertz CT molecular complexity index is 226. The van der Waals surface area contributed by atoms with Crippen LogP contribution in [0, 0.1) is 0 Å². The molecule has 0 bridgehead atoms. The Hall–Kier alpha value is -1.10. The quantitative estimate of drug-likeness (QED) is 0.514. The largest absolute Gasteiger partial charge is 0.451 e. The monoisotopic (exact) mass is 216 g/mol. The van der Waals surface area contributed by atoms with Crippen molar-refractivity contribution in [1.82, 2.24) is 0 Å². The van der Waals surface area contributed by atoms with Crippen molar-refractivity contribution >= 4 is 11.9 Å². The highest BCUT2D eigenvalue weighted by molar-refractivity contribution is 5.85. The van der Waals surface area contributed by atoms with Crippen molar-refractivity contribution in [2.75, 3.05) is 13.2 Å². The van der Waals surface area contributed by atoms with Crippen LogP contribution >= 0.6 is 0 Å². The number of aliphatic hydroxyl groups is 1. The summed E-state index contributed by atoms with van der Waals surface area (Å²) in [5, 5.41) is 8.55. The number of hydrogen-bond donors (Lipinski definition) is 1. The van der Waals surface area contributed by atoms with Crippen molar-refractivity contribution in [3.8, 4) is 0 Å². The summed E-state index contributed by atoms with van der Waals surface area (Å²) < 4.78 is 9.47. The average molecular weight is 216 g/mol. The van der Waals surface area contributed by atoms with Crippen LogP contribution in [0.25, 0.3) is 0 Å². The third-order valence-corrected chi connectivity index (χ3v) is 2.24. The molecule has 5 nitrogen and oxygen atoms in total. The Kier molecular flexibility index (Phi) is 5.10. The second-order valence-corrected chi connectivity index (χ2v) is 3.51. The summed E-state index contributed by atoms with van der Waals surface area (Å²) in [6.45, 7) is -0.0691. The molecule has 0 aromatic heterocycles. The standard InChI is InChI=1S/C10H16O5/c11-6-4-2-1-3-5-8-10(13)14-7-9(12)15-8/h8,11H,1-7H2. The number of carbonyl (C=O) groups is 2. The zero-order chi connectivity index (χ0) is 11.1. The highest BCUT2D eigenvalue weighted by Gasteiger charge is 2.29. The lowest BCUT2D eigenvalue weighted by atomic mass is 10.1. The fraction of sp³-hybridized carbons (Fsp3) is 0.800. The van der Waals surface area contributed by atoms with Crippen LogP contribution in [0.2, 0.25) is 0 Å². The van der Waals surface area contributed by atoms with Gasteiger partial charge >= 0.3 is 11.9 Å². The van der Waals surface area contributed by atoms with Crippen molar-refractivity contribution in [3.63, 3.8) is 0 Å². The topological polar surface area (TPSA) is 72.8 Å². The van der Waals surface area contributed by atoms with Gasteiger partial charge in [0.25, 0.3) is 0 Å². The molecule has 0 aromatic rings. The lowest BCUT2D eigenvalue weighted by Crippen LogP contribution is -2.37. The molecule has 5 heteroatoms.